The van der Waals surface area contributed by atoms with Crippen molar-refractivity contribution < 1.29 is 0 Å². The van der Waals surface area contributed by atoms with E-state index in [1.807, 2.05) is 0 Å². The maximum atomic E-state index is 6.41. The Balaban J connectivity index is 2.41. The highest BCUT2D eigenvalue weighted by Crippen LogP contribution is 2.37. The van der Waals surface area contributed by atoms with Gasteiger partial charge in [-0.2, -0.15) is 0 Å². The summed E-state index contributed by atoms with van der Waals surface area (Å²) in [6.45, 7) is 9.32. The summed E-state index contributed by atoms with van der Waals surface area (Å²) in [4.78, 5) is 2.47. The van der Waals surface area contributed by atoms with Gasteiger partial charge in [-0.05, 0) is 44.2 Å². The molecule has 1 aliphatic rings. The molecule has 2 heteroatoms. The minimum atomic E-state index is 0.342. The summed E-state index contributed by atoms with van der Waals surface area (Å²) in [5.41, 5.74) is 6.75. The molecule has 0 amide bonds. The Morgan fingerprint density at radius 3 is 2.69 bits per heavy atom. The first-order chi connectivity index (χ1) is 7.47. The smallest absolute Gasteiger partial charge is 0.0131 e. The van der Waals surface area contributed by atoms with Crippen molar-refractivity contribution in [2.75, 3.05) is 20.1 Å². The lowest BCUT2D eigenvalue weighted by Crippen LogP contribution is -2.49. The van der Waals surface area contributed by atoms with Crippen LogP contribution in [0.25, 0.3) is 0 Å². The van der Waals surface area contributed by atoms with E-state index in [-0.39, 0.29) is 0 Å². The fourth-order valence-corrected chi connectivity index (χ4v) is 2.93. The fourth-order valence-electron chi connectivity index (χ4n) is 2.93. The second-order valence-corrected chi connectivity index (χ2v) is 6.28. The van der Waals surface area contributed by atoms with Gasteiger partial charge in [-0.1, -0.05) is 33.6 Å². The van der Waals surface area contributed by atoms with Gasteiger partial charge in [0, 0.05) is 12.6 Å². The van der Waals surface area contributed by atoms with E-state index in [9.17, 15) is 0 Å². The first-order valence-electron chi connectivity index (χ1n) is 6.91. The number of hydrogen-bond donors (Lipinski definition) is 1. The zero-order valence-electron chi connectivity index (χ0n) is 11.6. The fraction of sp³-hybridized carbons (Fsp3) is 1.00. The summed E-state index contributed by atoms with van der Waals surface area (Å²) >= 11 is 0. The van der Waals surface area contributed by atoms with Crippen molar-refractivity contribution >= 4 is 0 Å². The summed E-state index contributed by atoms with van der Waals surface area (Å²) in [7, 11) is 2.24. The zero-order chi connectivity index (χ0) is 12.2. The predicted molar refractivity (Wildman–Crippen MR) is 71.5 cm³/mol. The molecule has 1 fully saturated rings. The molecular formula is C14H30N2. The monoisotopic (exact) mass is 226 g/mol. The average Bonchev–Trinajstić information content (AvgIpc) is 2.22. The molecule has 1 aliphatic carbocycles. The van der Waals surface area contributed by atoms with E-state index in [4.69, 9.17) is 5.73 Å². The number of nitrogens with zero attached hydrogens (tertiary/aromatic N) is 1. The van der Waals surface area contributed by atoms with E-state index in [1.165, 1.54) is 45.2 Å². The van der Waals surface area contributed by atoms with Crippen LogP contribution < -0.4 is 5.73 Å². The molecule has 0 radical (unpaired) electrons. The minimum absolute atomic E-state index is 0.342. The number of unbranched alkanes of at least 4 members (excludes halogenated alkanes) is 1. The molecule has 2 N–H and O–H groups in total. The first-order valence-corrected chi connectivity index (χ1v) is 6.91. The Hall–Kier alpha value is -0.0800. The van der Waals surface area contributed by atoms with Crippen LogP contribution in [0.1, 0.15) is 52.9 Å². The summed E-state index contributed by atoms with van der Waals surface area (Å²) in [5.74, 6) is 0.700. The second-order valence-electron chi connectivity index (χ2n) is 6.28. The molecule has 0 aromatic carbocycles. The molecule has 0 bridgehead atoms. The quantitative estimate of drug-likeness (QED) is 0.781. The van der Waals surface area contributed by atoms with Crippen LogP contribution in [0.3, 0.4) is 0 Å². The molecule has 2 nitrogen and oxygen atoms in total. The highest BCUT2D eigenvalue weighted by Gasteiger charge is 2.36. The Kier molecular flexibility index (Phi) is 5.26. The van der Waals surface area contributed by atoms with Gasteiger partial charge in [-0.3, -0.25) is 0 Å². The van der Waals surface area contributed by atoms with Crippen LogP contribution in [0.2, 0.25) is 0 Å². The molecule has 0 aliphatic heterocycles. The highest BCUT2D eigenvalue weighted by molar-refractivity contribution is 4.92. The van der Waals surface area contributed by atoms with Crippen LogP contribution in [-0.2, 0) is 0 Å². The molecule has 0 aromatic rings. The Morgan fingerprint density at radius 2 is 2.06 bits per heavy atom. The Morgan fingerprint density at radius 1 is 1.38 bits per heavy atom. The normalized spacial score (nSPS) is 29.6. The van der Waals surface area contributed by atoms with Gasteiger partial charge in [0.25, 0.3) is 0 Å². The summed E-state index contributed by atoms with van der Waals surface area (Å²) < 4.78 is 0. The molecule has 1 rings (SSSR count). The van der Waals surface area contributed by atoms with Crippen molar-refractivity contribution in [1.82, 2.24) is 4.90 Å². The predicted octanol–water partition coefficient (Wildman–Crippen LogP) is 2.87. The lowest BCUT2D eigenvalue weighted by Gasteiger charge is -2.43. The third-order valence-electron chi connectivity index (χ3n) is 4.25. The largest absolute Gasteiger partial charge is 0.327 e. The average molecular weight is 226 g/mol. The van der Waals surface area contributed by atoms with Crippen molar-refractivity contribution in [3.8, 4) is 0 Å². The van der Waals surface area contributed by atoms with Gasteiger partial charge in [-0.25, -0.2) is 0 Å². The first kappa shape index (κ1) is 14.0. The number of hydrogen-bond acceptors (Lipinski definition) is 2. The van der Waals surface area contributed by atoms with Gasteiger partial charge in [0.2, 0.25) is 0 Å². The van der Waals surface area contributed by atoms with Gasteiger partial charge in [0.05, 0.1) is 0 Å². The lowest BCUT2D eigenvalue weighted by molar-refractivity contribution is 0.110. The van der Waals surface area contributed by atoms with Crippen molar-refractivity contribution in [1.29, 1.82) is 0 Å². The third-order valence-corrected chi connectivity index (χ3v) is 4.25. The summed E-state index contributed by atoms with van der Waals surface area (Å²) in [6.07, 6.45) is 6.56. The molecule has 2 unspecified atom stereocenters. The zero-order valence-corrected chi connectivity index (χ0v) is 11.6. The van der Waals surface area contributed by atoms with Crippen LogP contribution in [0.15, 0.2) is 0 Å². The van der Waals surface area contributed by atoms with Crippen LogP contribution in [0.5, 0.6) is 0 Å². The molecular weight excluding hydrogens is 196 g/mol. The van der Waals surface area contributed by atoms with Crippen molar-refractivity contribution in [2.45, 2.75) is 58.9 Å². The maximum absolute atomic E-state index is 6.41. The molecule has 1 saturated carbocycles. The van der Waals surface area contributed by atoms with Crippen molar-refractivity contribution in [3.63, 3.8) is 0 Å². The molecule has 0 heterocycles. The van der Waals surface area contributed by atoms with Gasteiger partial charge in [-0.15, -0.1) is 0 Å². The maximum Gasteiger partial charge on any atom is 0.0131 e. The Labute approximate surface area is 102 Å². The minimum Gasteiger partial charge on any atom is -0.327 e. The van der Waals surface area contributed by atoms with Gasteiger partial charge >= 0.3 is 0 Å². The second kappa shape index (κ2) is 6.02. The molecule has 0 aromatic heterocycles. The molecule has 16 heavy (non-hydrogen) atoms. The topological polar surface area (TPSA) is 29.3 Å². The van der Waals surface area contributed by atoms with Crippen molar-refractivity contribution in [2.24, 2.45) is 17.1 Å². The molecule has 2 atom stereocenters. The van der Waals surface area contributed by atoms with E-state index in [2.05, 4.69) is 32.7 Å². The molecule has 96 valence electrons. The van der Waals surface area contributed by atoms with Crippen LogP contribution in [-0.4, -0.2) is 31.1 Å². The van der Waals surface area contributed by atoms with E-state index in [0.717, 1.165) is 0 Å². The van der Waals surface area contributed by atoms with E-state index in [1.54, 1.807) is 0 Å². The van der Waals surface area contributed by atoms with Crippen molar-refractivity contribution in [3.05, 3.63) is 0 Å². The van der Waals surface area contributed by atoms with Gasteiger partial charge in [0.15, 0.2) is 0 Å². The molecule has 0 spiro atoms. The van der Waals surface area contributed by atoms with Gasteiger partial charge in [0.1, 0.15) is 0 Å². The highest BCUT2D eigenvalue weighted by atomic mass is 15.1. The van der Waals surface area contributed by atoms with Crippen LogP contribution in [0.4, 0.5) is 0 Å². The number of rotatable bonds is 5. The standard InChI is InChI=1S/C14H30N2/c1-5-6-10-16(4)11-12-8-7-9-14(2,3)13(12)15/h12-13H,5-11,15H2,1-4H3. The SMILES string of the molecule is CCCCN(C)CC1CCCC(C)(C)C1N. The summed E-state index contributed by atoms with van der Waals surface area (Å²) in [5, 5.41) is 0. The van der Waals surface area contributed by atoms with Gasteiger partial charge < -0.3 is 10.6 Å². The Bertz CT molecular complexity index is 201. The van der Waals surface area contributed by atoms with E-state index in [0.29, 0.717) is 17.4 Å². The van der Waals surface area contributed by atoms with Crippen LogP contribution in [0, 0.1) is 11.3 Å². The van der Waals surface area contributed by atoms with E-state index >= 15 is 0 Å². The lowest BCUT2D eigenvalue weighted by atomic mass is 9.68. The van der Waals surface area contributed by atoms with Crippen LogP contribution >= 0.6 is 0 Å². The third kappa shape index (κ3) is 3.74. The number of nitrogens with two attached hydrogens (primary N) is 1. The molecule has 0 saturated heterocycles. The summed E-state index contributed by atoms with van der Waals surface area (Å²) in [6, 6.07) is 0.380. The van der Waals surface area contributed by atoms with E-state index < -0.39 is 0 Å².